The van der Waals surface area contributed by atoms with Crippen molar-refractivity contribution in [3.63, 3.8) is 0 Å². The molecular formula is C18H27F. The van der Waals surface area contributed by atoms with Crippen LogP contribution in [0, 0.1) is 5.92 Å². The monoisotopic (exact) mass is 262 g/mol. The molecule has 1 fully saturated rings. The van der Waals surface area contributed by atoms with Gasteiger partial charge in [0.1, 0.15) is 5.67 Å². The van der Waals surface area contributed by atoms with Gasteiger partial charge in [0, 0.05) is 0 Å². The first kappa shape index (κ1) is 14.6. The summed E-state index contributed by atoms with van der Waals surface area (Å²) in [4.78, 5) is 0. The molecule has 3 atom stereocenters. The van der Waals surface area contributed by atoms with Crippen molar-refractivity contribution in [1.82, 2.24) is 0 Å². The van der Waals surface area contributed by atoms with Gasteiger partial charge in [0.2, 0.25) is 0 Å². The van der Waals surface area contributed by atoms with Crippen LogP contribution in [0.4, 0.5) is 4.39 Å². The summed E-state index contributed by atoms with van der Waals surface area (Å²) in [5.41, 5.74) is 1.98. The van der Waals surface area contributed by atoms with Gasteiger partial charge in [-0.1, -0.05) is 52.0 Å². The maximum absolute atomic E-state index is 14.0. The lowest BCUT2D eigenvalue weighted by atomic mass is 9.81. The molecule has 0 radical (unpaired) electrons. The van der Waals surface area contributed by atoms with Crippen LogP contribution < -0.4 is 0 Å². The van der Waals surface area contributed by atoms with E-state index < -0.39 is 5.67 Å². The molecule has 0 aromatic heterocycles. The van der Waals surface area contributed by atoms with Gasteiger partial charge in [-0.15, -0.1) is 0 Å². The molecule has 1 aliphatic rings. The molecule has 0 nitrogen and oxygen atoms in total. The van der Waals surface area contributed by atoms with Crippen molar-refractivity contribution >= 4 is 0 Å². The van der Waals surface area contributed by atoms with Crippen LogP contribution in [-0.4, -0.2) is 5.67 Å². The van der Waals surface area contributed by atoms with E-state index in [1.54, 1.807) is 6.92 Å². The van der Waals surface area contributed by atoms with Crippen molar-refractivity contribution in [3.05, 3.63) is 35.4 Å². The van der Waals surface area contributed by atoms with Crippen molar-refractivity contribution in [2.24, 2.45) is 5.92 Å². The first-order valence-corrected chi connectivity index (χ1v) is 7.48. The zero-order chi connectivity index (χ0) is 14.3. The lowest BCUT2D eigenvalue weighted by Crippen LogP contribution is -2.15. The molecule has 1 aromatic carbocycles. The van der Waals surface area contributed by atoms with Crippen molar-refractivity contribution in [1.29, 1.82) is 0 Å². The van der Waals surface area contributed by atoms with Crippen LogP contribution in [-0.2, 0) is 5.41 Å². The number of alkyl halides is 1. The number of benzene rings is 1. The van der Waals surface area contributed by atoms with Crippen LogP contribution in [0.3, 0.4) is 0 Å². The molecule has 0 saturated heterocycles. The summed E-state index contributed by atoms with van der Waals surface area (Å²) in [6.45, 7) is 10.7. The minimum atomic E-state index is -0.944. The Hall–Kier alpha value is -0.850. The maximum Gasteiger partial charge on any atom is 0.108 e. The van der Waals surface area contributed by atoms with Gasteiger partial charge in [0.25, 0.3) is 0 Å². The lowest BCUT2D eigenvalue weighted by Gasteiger charge is -2.24. The second-order valence-electron chi connectivity index (χ2n) is 7.58. The van der Waals surface area contributed by atoms with Gasteiger partial charge in [0.05, 0.1) is 0 Å². The lowest BCUT2D eigenvalue weighted by molar-refractivity contribution is 0.189. The third kappa shape index (κ3) is 3.38. The molecule has 0 N–H and O–H groups in total. The van der Waals surface area contributed by atoms with E-state index in [-0.39, 0.29) is 5.41 Å². The largest absolute Gasteiger partial charge is 0.244 e. The summed E-state index contributed by atoms with van der Waals surface area (Å²) >= 11 is 0. The average Bonchev–Trinajstić information content (AvgIpc) is 2.68. The number of hydrogen-bond donors (Lipinski definition) is 0. The van der Waals surface area contributed by atoms with E-state index in [1.807, 2.05) is 0 Å². The predicted octanol–water partition coefficient (Wildman–Crippen LogP) is 5.62. The number of rotatable bonds is 2. The molecule has 106 valence electrons. The topological polar surface area (TPSA) is 0 Å². The van der Waals surface area contributed by atoms with Crippen LogP contribution >= 0.6 is 0 Å². The van der Waals surface area contributed by atoms with Crippen molar-refractivity contribution in [2.45, 2.75) is 70.9 Å². The molecule has 0 aliphatic heterocycles. The fourth-order valence-electron chi connectivity index (χ4n) is 3.22. The minimum absolute atomic E-state index is 0.181. The van der Waals surface area contributed by atoms with Crippen molar-refractivity contribution < 1.29 is 4.39 Å². The van der Waals surface area contributed by atoms with E-state index in [1.165, 1.54) is 11.1 Å². The van der Waals surface area contributed by atoms with Crippen LogP contribution in [0.25, 0.3) is 0 Å². The van der Waals surface area contributed by atoms with Gasteiger partial charge in [0.15, 0.2) is 0 Å². The summed E-state index contributed by atoms with van der Waals surface area (Å²) in [5, 5.41) is 0. The normalized spacial score (nSPS) is 29.5. The second kappa shape index (κ2) is 4.92. The predicted molar refractivity (Wildman–Crippen MR) is 80.4 cm³/mol. The fraction of sp³-hybridized carbons (Fsp3) is 0.667. The summed E-state index contributed by atoms with van der Waals surface area (Å²) in [6, 6.07) is 8.87. The molecule has 1 aromatic rings. The van der Waals surface area contributed by atoms with Gasteiger partial charge >= 0.3 is 0 Å². The highest BCUT2D eigenvalue weighted by molar-refractivity contribution is 5.31. The third-order valence-electron chi connectivity index (χ3n) is 4.71. The Balaban J connectivity index is 2.18. The highest BCUT2D eigenvalue weighted by Crippen LogP contribution is 2.44. The quantitative estimate of drug-likeness (QED) is 0.649. The third-order valence-corrected chi connectivity index (χ3v) is 4.71. The Labute approximate surface area is 117 Å². The van der Waals surface area contributed by atoms with E-state index in [9.17, 15) is 4.39 Å². The molecule has 19 heavy (non-hydrogen) atoms. The second-order valence-corrected chi connectivity index (χ2v) is 7.58. The standard InChI is InChI=1S/C18H27F/c1-13(15-9-10-18(5,19)12-15)14-7-6-8-16(11-14)17(2,3)4/h6-8,11,13,15H,9-10,12H2,1-5H3. The Bertz CT molecular complexity index is 439. The Morgan fingerprint density at radius 3 is 2.53 bits per heavy atom. The minimum Gasteiger partial charge on any atom is -0.244 e. The van der Waals surface area contributed by atoms with E-state index in [0.717, 1.165) is 12.8 Å². The first-order chi connectivity index (χ1) is 8.69. The van der Waals surface area contributed by atoms with E-state index in [0.29, 0.717) is 18.3 Å². The first-order valence-electron chi connectivity index (χ1n) is 7.48. The van der Waals surface area contributed by atoms with Gasteiger partial charge in [-0.05, 0) is 54.6 Å². The molecular weight excluding hydrogens is 235 g/mol. The van der Waals surface area contributed by atoms with E-state index in [4.69, 9.17) is 0 Å². The molecule has 1 saturated carbocycles. The molecule has 0 spiro atoms. The van der Waals surface area contributed by atoms with Gasteiger partial charge < -0.3 is 0 Å². The smallest absolute Gasteiger partial charge is 0.108 e. The van der Waals surface area contributed by atoms with Crippen LogP contribution in [0.2, 0.25) is 0 Å². The van der Waals surface area contributed by atoms with Gasteiger partial charge in [-0.3, -0.25) is 0 Å². The maximum atomic E-state index is 14.0. The Kier molecular flexibility index (Phi) is 3.77. The molecule has 0 bridgehead atoms. The highest BCUT2D eigenvalue weighted by Gasteiger charge is 2.37. The average molecular weight is 262 g/mol. The SMILES string of the molecule is CC(c1cccc(C(C)(C)C)c1)C1CCC(C)(F)C1. The number of halogens is 1. The fourth-order valence-corrected chi connectivity index (χ4v) is 3.22. The summed E-state index contributed by atoms with van der Waals surface area (Å²) in [6.07, 6.45) is 2.46. The molecule has 1 aliphatic carbocycles. The van der Waals surface area contributed by atoms with Crippen LogP contribution in [0.1, 0.15) is 70.9 Å². The molecule has 2 rings (SSSR count). The molecule has 0 heterocycles. The van der Waals surface area contributed by atoms with Crippen LogP contribution in [0.15, 0.2) is 24.3 Å². The summed E-state index contributed by atoms with van der Waals surface area (Å²) in [5.74, 6) is 0.949. The Morgan fingerprint density at radius 2 is 2.00 bits per heavy atom. The van der Waals surface area contributed by atoms with Gasteiger partial charge in [-0.25, -0.2) is 4.39 Å². The summed E-state index contributed by atoms with van der Waals surface area (Å²) < 4.78 is 14.0. The highest BCUT2D eigenvalue weighted by atomic mass is 19.1. The number of hydrogen-bond acceptors (Lipinski definition) is 0. The summed E-state index contributed by atoms with van der Waals surface area (Å²) in [7, 11) is 0. The van der Waals surface area contributed by atoms with Crippen molar-refractivity contribution in [2.75, 3.05) is 0 Å². The molecule has 3 unspecified atom stereocenters. The molecule has 1 heteroatoms. The van der Waals surface area contributed by atoms with Gasteiger partial charge in [-0.2, -0.15) is 0 Å². The zero-order valence-corrected chi connectivity index (χ0v) is 13.0. The van der Waals surface area contributed by atoms with Crippen molar-refractivity contribution in [3.8, 4) is 0 Å². The zero-order valence-electron chi connectivity index (χ0n) is 13.0. The van der Waals surface area contributed by atoms with E-state index in [2.05, 4.69) is 52.0 Å². The van der Waals surface area contributed by atoms with Crippen LogP contribution in [0.5, 0.6) is 0 Å². The Morgan fingerprint density at radius 1 is 1.32 bits per heavy atom. The molecule has 0 amide bonds. The van der Waals surface area contributed by atoms with E-state index >= 15 is 0 Å².